The third kappa shape index (κ3) is 3.27. The average molecular weight is 364 g/mol. The topological polar surface area (TPSA) is 94.7 Å². The van der Waals surface area contributed by atoms with Gasteiger partial charge in [-0.25, -0.2) is 9.79 Å². The number of hydrogen-bond acceptors (Lipinski definition) is 6. The van der Waals surface area contributed by atoms with Gasteiger partial charge in [0.15, 0.2) is 5.70 Å². The second-order valence-corrected chi connectivity index (χ2v) is 5.51. The second kappa shape index (κ2) is 6.38. The number of carbonyl (C=O) groups excluding carboxylic acids is 1. The zero-order chi connectivity index (χ0) is 17.3. The summed E-state index contributed by atoms with van der Waals surface area (Å²) in [5.74, 6) is -0.679. The van der Waals surface area contributed by atoms with Crippen molar-refractivity contribution in [2.45, 2.75) is 0 Å². The van der Waals surface area contributed by atoms with Crippen LogP contribution in [0.3, 0.4) is 0 Å². The molecule has 0 spiro atoms. The lowest BCUT2D eigenvalue weighted by Gasteiger charge is -1.98. The number of ether oxygens (including phenoxy) is 1. The Labute approximate surface area is 145 Å². The van der Waals surface area contributed by atoms with E-state index in [0.29, 0.717) is 16.3 Å². The van der Waals surface area contributed by atoms with Gasteiger partial charge < -0.3 is 4.74 Å². The first-order chi connectivity index (χ1) is 11.4. The summed E-state index contributed by atoms with van der Waals surface area (Å²) in [6, 6.07) is 7.22. The zero-order valence-electron chi connectivity index (χ0n) is 11.8. The average Bonchev–Trinajstić information content (AvgIpc) is 2.90. The van der Waals surface area contributed by atoms with Gasteiger partial charge in [0.1, 0.15) is 10.7 Å². The molecule has 1 aliphatic rings. The van der Waals surface area contributed by atoms with Crippen molar-refractivity contribution < 1.29 is 14.5 Å². The van der Waals surface area contributed by atoms with Crippen LogP contribution in [-0.4, -0.2) is 21.8 Å². The minimum atomic E-state index is -0.690. The van der Waals surface area contributed by atoms with E-state index in [1.807, 2.05) is 0 Å². The molecular formula is C15H7Cl2N3O4. The number of nitrogens with zero attached hydrogens (tertiary/aromatic N) is 3. The normalized spacial score (nSPS) is 15.3. The van der Waals surface area contributed by atoms with E-state index in [9.17, 15) is 14.9 Å². The number of esters is 1. The van der Waals surface area contributed by atoms with Crippen LogP contribution in [0.1, 0.15) is 11.3 Å². The van der Waals surface area contributed by atoms with E-state index in [-0.39, 0.29) is 22.3 Å². The molecule has 0 radical (unpaired) electrons. The van der Waals surface area contributed by atoms with Gasteiger partial charge in [0.2, 0.25) is 5.90 Å². The minimum Gasteiger partial charge on any atom is -0.400 e. The Bertz CT molecular complexity index is 925. The monoisotopic (exact) mass is 363 g/mol. The maximum atomic E-state index is 11.9. The van der Waals surface area contributed by atoms with Gasteiger partial charge >= 0.3 is 5.97 Å². The second-order valence-electron chi connectivity index (χ2n) is 4.66. The third-order valence-electron chi connectivity index (χ3n) is 3.03. The van der Waals surface area contributed by atoms with Crippen LogP contribution in [-0.2, 0) is 9.53 Å². The highest BCUT2D eigenvalue weighted by Gasteiger charge is 2.25. The number of nitro groups is 1. The SMILES string of the molecule is O=C1OC(c2cc(Cl)ccn2)=N/C1=C\c1ccc(Cl)c([N+](=O)[O-])c1. The molecule has 7 nitrogen and oxygen atoms in total. The number of rotatable bonds is 3. The Morgan fingerprint density at radius 1 is 1.21 bits per heavy atom. The first kappa shape index (κ1) is 16.1. The summed E-state index contributed by atoms with van der Waals surface area (Å²) >= 11 is 11.6. The van der Waals surface area contributed by atoms with Crippen LogP contribution in [0.15, 0.2) is 47.2 Å². The lowest BCUT2D eigenvalue weighted by molar-refractivity contribution is -0.384. The van der Waals surface area contributed by atoms with Crippen molar-refractivity contribution in [3.8, 4) is 0 Å². The largest absolute Gasteiger partial charge is 0.400 e. The maximum absolute atomic E-state index is 11.9. The van der Waals surface area contributed by atoms with Gasteiger partial charge in [-0.3, -0.25) is 15.1 Å². The molecule has 0 amide bonds. The maximum Gasteiger partial charge on any atom is 0.363 e. The summed E-state index contributed by atoms with van der Waals surface area (Å²) in [5, 5.41) is 11.3. The summed E-state index contributed by atoms with van der Waals surface area (Å²) in [6.45, 7) is 0. The molecule has 24 heavy (non-hydrogen) atoms. The smallest absolute Gasteiger partial charge is 0.363 e. The van der Waals surface area contributed by atoms with Crippen LogP contribution in [0.4, 0.5) is 5.69 Å². The van der Waals surface area contributed by atoms with E-state index >= 15 is 0 Å². The fraction of sp³-hybridized carbons (Fsp3) is 0. The molecule has 0 saturated carbocycles. The number of halogens is 2. The quantitative estimate of drug-likeness (QED) is 0.359. The first-order valence-corrected chi connectivity index (χ1v) is 7.28. The van der Waals surface area contributed by atoms with Gasteiger partial charge in [0.25, 0.3) is 5.69 Å². The summed E-state index contributed by atoms with van der Waals surface area (Å²) < 4.78 is 5.05. The van der Waals surface area contributed by atoms with Gasteiger partial charge in [-0.2, -0.15) is 0 Å². The van der Waals surface area contributed by atoms with E-state index in [1.165, 1.54) is 36.5 Å². The first-order valence-electron chi connectivity index (χ1n) is 6.52. The minimum absolute atomic E-state index is 0.00321. The number of cyclic esters (lactones) is 1. The summed E-state index contributed by atoms with van der Waals surface area (Å²) in [5.41, 5.74) is 0.421. The molecule has 0 N–H and O–H groups in total. The fourth-order valence-corrected chi connectivity index (χ4v) is 2.30. The van der Waals surface area contributed by atoms with E-state index < -0.39 is 10.9 Å². The lowest BCUT2D eigenvalue weighted by atomic mass is 10.1. The molecule has 0 bridgehead atoms. The number of hydrogen-bond donors (Lipinski definition) is 0. The number of pyridine rings is 1. The van der Waals surface area contributed by atoms with Gasteiger partial charge in [0.05, 0.1) is 4.92 Å². The van der Waals surface area contributed by atoms with Crippen molar-refractivity contribution in [1.82, 2.24) is 4.98 Å². The van der Waals surface area contributed by atoms with Gasteiger partial charge in [0, 0.05) is 17.3 Å². The number of aromatic nitrogens is 1. The summed E-state index contributed by atoms with van der Waals surface area (Å²) in [6.07, 6.45) is 2.82. The van der Waals surface area contributed by atoms with E-state index in [1.54, 1.807) is 6.07 Å². The predicted octanol–water partition coefficient (Wildman–Crippen LogP) is 3.64. The highest BCUT2D eigenvalue weighted by molar-refractivity contribution is 6.32. The van der Waals surface area contributed by atoms with Crippen LogP contribution in [0, 0.1) is 10.1 Å². The molecule has 1 aromatic heterocycles. The molecule has 2 aromatic rings. The number of nitro benzene ring substituents is 1. The van der Waals surface area contributed by atoms with Crippen molar-refractivity contribution in [2.75, 3.05) is 0 Å². The molecule has 0 aliphatic carbocycles. The Morgan fingerprint density at radius 3 is 2.71 bits per heavy atom. The van der Waals surface area contributed by atoms with Crippen molar-refractivity contribution in [1.29, 1.82) is 0 Å². The zero-order valence-corrected chi connectivity index (χ0v) is 13.3. The summed E-state index contributed by atoms with van der Waals surface area (Å²) in [7, 11) is 0. The highest BCUT2D eigenvalue weighted by atomic mass is 35.5. The van der Waals surface area contributed by atoms with Crippen LogP contribution >= 0.6 is 23.2 Å². The molecule has 1 aromatic carbocycles. The third-order valence-corrected chi connectivity index (χ3v) is 3.59. The number of carbonyl (C=O) groups is 1. The molecular weight excluding hydrogens is 357 g/mol. The van der Waals surface area contributed by atoms with Crippen molar-refractivity contribution in [2.24, 2.45) is 4.99 Å². The van der Waals surface area contributed by atoms with Crippen LogP contribution in [0.25, 0.3) is 6.08 Å². The Kier molecular flexibility index (Phi) is 4.28. The van der Waals surface area contributed by atoms with Gasteiger partial charge in [-0.05, 0) is 29.8 Å². The summed E-state index contributed by atoms with van der Waals surface area (Å²) in [4.78, 5) is 30.3. The van der Waals surface area contributed by atoms with Gasteiger partial charge in [-0.15, -0.1) is 0 Å². The standard InChI is InChI=1S/C15H7Cl2N3O4/c16-9-3-4-18-11(7-9)14-19-12(15(21)24-14)5-8-1-2-10(17)13(6-8)20(22)23/h1-7H/b12-5-. The van der Waals surface area contributed by atoms with Crippen LogP contribution in [0.5, 0.6) is 0 Å². The van der Waals surface area contributed by atoms with Crippen LogP contribution in [0.2, 0.25) is 10.0 Å². The predicted molar refractivity (Wildman–Crippen MR) is 88.0 cm³/mol. The fourth-order valence-electron chi connectivity index (χ4n) is 1.96. The Morgan fingerprint density at radius 2 is 2.00 bits per heavy atom. The lowest BCUT2D eigenvalue weighted by Crippen LogP contribution is -2.07. The molecule has 0 atom stereocenters. The molecule has 120 valence electrons. The number of benzene rings is 1. The highest BCUT2D eigenvalue weighted by Crippen LogP contribution is 2.27. The van der Waals surface area contributed by atoms with Crippen LogP contribution < -0.4 is 0 Å². The van der Waals surface area contributed by atoms with Crippen molar-refractivity contribution in [3.05, 3.63) is 73.6 Å². The molecule has 0 saturated heterocycles. The molecule has 1 aliphatic heterocycles. The van der Waals surface area contributed by atoms with E-state index in [4.69, 9.17) is 27.9 Å². The number of aliphatic imine (C=N–C) groups is 1. The molecule has 0 unspecified atom stereocenters. The Balaban J connectivity index is 1.97. The van der Waals surface area contributed by atoms with E-state index in [2.05, 4.69) is 9.98 Å². The van der Waals surface area contributed by atoms with Gasteiger partial charge in [-0.1, -0.05) is 29.3 Å². The van der Waals surface area contributed by atoms with E-state index in [0.717, 1.165) is 0 Å². The molecule has 9 heteroatoms. The molecule has 2 heterocycles. The van der Waals surface area contributed by atoms with Crippen molar-refractivity contribution in [3.63, 3.8) is 0 Å². The van der Waals surface area contributed by atoms with Crippen molar-refractivity contribution >= 4 is 46.8 Å². The Hall–Kier alpha value is -2.77. The molecule has 0 fully saturated rings. The molecule has 3 rings (SSSR count).